The molecule has 0 saturated carbocycles. The molecule has 0 aliphatic heterocycles. The number of rotatable bonds is 3. The standard InChI is InChI=1S/C7H6F2N2O4/c8-4(9)2-11-1-3(6(13)14)5(12)10-7(11)15/h1,4H,2H2,(H,13,14)(H,10,12,15). The number of halogens is 2. The molecule has 0 bridgehead atoms. The SMILES string of the molecule is O=C(O)c1cn(CC(F)F)c(=O)[nH]c1=O. The van der Waals surface area contributed by atoms with Gasteiger partial charge in [0, 0.05) is 6.20 Å². The lowest BCUT2D eigenvalue weighted by atomic mass is 10.3. The van der Waals surface area contributed by atoms with Crippen LogP contribution in [0.2, 0.25) is 0 Å². The van der Waals surface area contributed by atoms with Crippen LogP contribution in [0.1, 0.15) is 10.4 Å². The summed E-state index contributed by atoms with van der Waals surface area (Å²) in [5.41, 5.74) is -2.93. The third kappa shape index (κ3) is 2.48. The number of hydrogen-bond donors (Lipinski definition) is 2. The molecule has 0 aliphatic carbocycles. The van der Waals surface area contributed by atoms with Crippen molar-refractivity contribution in [3.05, 3.63) is 32.6 Å². The number of aromatic nitrogens is 2. The molecule has 0 saturated heterocycles. The molecule has 8 heteroatoms. The Labute approximate surface area is 80.8 Å². The van der Waals surface area contributed by atoms with Gasteiger partial charge in [-0.2, -0.15) is 0 Å². The van der Waals surface area contributed by atoms with Gasteiger partial charge in [0.2, 0.25) is 0 Å². The van der Waals surface area contributed by atoms with Gasteiger partial charge in [0.1, 0.15) is 5.56 Å². The van der Waals surface area contributed by atoms with Gasteiger partial charge < -0.3 is 5.11 Å². The predicted octanol–water partition coefficient (Wildman–Crippen LogP) is -0.500. The topological polar surface area (TPSA) is 92.2 Å². The third-order valence-electron chi connectivity index (χ3n) is 1.58. The van der Waals surface area contributed by atoms with E-state index >= 15 is 0 Å². The minimum Gasteiger partial charge on any atom is -0.477 e. The summed E-state index contributed by atoms with van der Waals surface area (Å²) in [6.45, 7) is -0.962. The molecular weight excluding hydrogens is 214 g/mol. The first-order valence-corrected chi connectivity index (χ1v) is 3.77. The smallest absolute Gasteiger partial charge is 0.342 e. The van der Waals surface area contributed by atoms with E-state index in [0.29, 0.717) is 10.8 Å². The second-order valence-electron chi connectivity index (χ2n) is 2.65. The zero-order chi connectivity index (χ0) is 11.6. The number of aromatic amines is 1. The van der Waals surface area contributed by atoms with Crippen LogP contribution in [0.5, 0.6) is 0 Å². The van der Waals surface area contributed by atoms with Crippen molar-refractivity contribution in [3.8, 4) is 0 Å². The van der Waals surface area contributed by atoms with E-state index in [1.165, 1.54) is 0 Å². The molecule has 0 aliphatic rings. The highest BCUT2D eigenvalue weighted by atomic mass is 19.3. The van der Waals surface area contributed by atoms with Crippen molar-refractivity contribution in [1.29, 1.82) is 0 Å². The van der Waals surface area contributed by atoms with Gasteiger partial charge in [-0.3, -0.25) is 14.3 Å². The molecule has 0 unspecified atom stereocenters. The second kappa shape index (κ2) is 4.03. The van der Waals surface area contributed by atoms with Crippen LogP contribution in [0.15, 0.2) is 15.8 Å². The van der Waals surface area contributed by atoms with Crippen molar-refractivity contribution in [2.75, 3.05) is 0 Å². The first kappa shape index (κ1) is 11.1. The normalized spacial score (nSPS) is 10.6. The maximum absolute atomic E-state index is 11.9. The number of nitrogens with one attached hydrogen (secondary N) is 1. The fourth-order valence-corrected chi connectivity index (χ4v) is 0.946. The molecule has 0 amide bonds. The van der Waals surface area contributed by atoms with E-state index in [0.717, 1.165) is 0 Å². The number of alkyl halides is 2. The first-order valence-electron chi connectivity index (χ1n) is 3.77. The van der Waals surface area contributed by atoms with Gasteiger partial charge in [-0.1, -0.05) is 0 Å². The lowest BCUT2D eigenvalue weighted by Crippen LogP contribution is -2.34. The Balaban J connectivity index is 3.30. The zero-order valence-corrected chi connectivity index (χ0v) is 7.24. The number of carbonyl (C=O) groups is 1. The summed E-state index contributed by atoms with van der Waals surface area (Å²) >= 11 is 0. The highest BCUT2D eigenvalue weighted by Crippen LogP contribution is 1.96. The lowest BCUT2D eigenvalue weighted by Gasteiger charge is -2.04. The Hall–Kier alpha value is -1.99. The molecule has 0 fully saturated rings. The number of carboxylic acids is 1. The van der Waals surface area contributed by atoms with Gasteiger partial charge in [0.15, 0.2) is 0 Å². The molecule has 0 radical (unpaired) electrons. The largest absolute Gasteiger partial charge is 0.477 e. The zero-order valence-electron chi connectivity index (χ0n) is 7.24. The minimum atomic E-state index is -2.81. The molecular formula is C7H6F2N2O4. The molecule has 15 heavy (non-hydrogen) atoms. The summed E-state index contributed by atoms with van der Waals surface area (Å²) in [6, 6.07) is 0. The number of H-pyrrole nitrogens is 1. The average molecular weight is 220 g/mol. The fourth-order valence-electron chi connectivity index (χ4n) is 0.946. The number of carboxylic acid groups (broad SMARTS) is 1. The fraction of sp³-hybridized carbons (Fsp3) is 0.286. The van der Waals surface area contributed by atoms with Crippen LogP contribution >= 0.6 is 0 Å². The molecule has 2 N–H and O–H groups in total. The van der Waals surface area contributed by atoms with Gasteiger partial charge in [-0.25, -0.2) is 18.4 Å². The molecule has 6 nitrogen and oxygen atoms in total. The van der Waals surface area contributed by atoms with Crippen LogP contribution in [-0.4, -0.2) is 27.1 Å². The molecule has 82 valence electrons. The molecule has 1 heterocycles. The van der Waals surface area contributed by atoms with Gasteiger partial charge in [-0.15, -0.1) is 0 Å². The Morgan fingerprint density at radius 1 is 1.53 bits per heavy atom. The average Bonchev–Trinajstić information content (AvgIpc) is 2.08. The van der Waals surface area contributed by atoms with Crippen molar-refractivity contribution in [2.24, 2.45) is 0 Å². The molecule has 1 aromatic heterocycles. The van der Waals surface area contributed by atoms with Crippen molar-refractivity contribution < 1.29 is 18.7 Å². The van der Waals surface area contributed by atoms with Gasteiger partial charge in [-0.05, 0) is 0 Å². The van der Waals surface area contributed by atoms with Crippen LogP contribution in [0.3, 0.4) is 0 Å². The predicted molar refractivity (Wildman–Crippen MR) is 44.3 cm³/mol. The van der Waals surface area contributed by atoms with Crippen molar-refractivity contribution in [1.82, 2.24) is 9.55 Å². The van der Waals surface area contributed by atoms with Crippen LogP contribution in [0, 0.1) is 0 Å². The van der Waals surface area contributed by atoms with E-state index in [2.05, 4.69) is 0 Å². The number of aromatic carboxylic acids is 1. The van der Waals surface area contributed by atoms with Crippen LogP contribution < -0.4 is 11.2 Å². The van der Waals surface area contributed by atoms with E-state index in [1.54, 1.807) is 4.98 Å². The summed E-state index contributed by atoms with van der Waals surface area (Å²) in [5, 5.41) is 8.49. The summed E-state index contributed by atoms with van der Waals surface area (Å²) in [6.07, 6.45) is -2.22. The quantitative estimate of drug-likeness (QED) is 0.718. The lowest BCUT2D eigenvalue weighted by molar-refractivity contribution is 0.0691. The van der Waals surface area contributed by atoms with E-state index in [1.807, 2.05) is 0 Å². The molecule has 0 spiro atoms. The van der Waals surface area contributed by atoms with Crippen LogP contribution in [0.25, 0.3) is 0 Å². The van der Waals surface area contributed by atoms with Crippen molar-refractivity contribution >= 4 is 5.97 Å². The van der Waals surface area contributed by atoms with Crippen LogP contribution in [0.4, 0.5) is 8.78 Å². The maximum Gasteiger partial charge on any atom is 0.342 e. The van der Waals surface area contributed by atoms with E-state index in [4.69, 9.17) is 5.11 Å². The molecule has 0 atom stereocenters. The monoisotopic (exact) mass is 220 g/mol. The Morgan fingerprint density at radius 2 is 2.13 bits per heavy atom. The van der Waals surface area contributed by atoms with E-state index in [-0.39, 0.29) is 0 Å². The summed E-state index contributed by atoms with van der Waals surface area (Å²) in [7, 11) is 0. The van der Waals surface area contributed by atoms with E-state index in [9.17, 15) is 23.2 Å². The summed E-state index contributed by atoms with van der Waals surface area (Å²) in [5.74, 6) is -1.58. The third-order valence-corrected chi connectivity index (χ3v) is 1.58. The van der Waals surface area contributed by atoms with Crippen LogP contribution in [-0.2, 0) is 6.54 Å². The Morgan fingerprint density at radius 3 is 2.60 bits per heavy atom. The minimum absolute atomic E-state index is 0.440. The second-order valence-corrected chi connectivity index (χ2v) is 2.65. The Bertz CT molecular complexity index is 490. The van der Waals surface area contributed by atoms with E-state index < -0.39 is 35.8 Å². The van der Waals surface area contributed by atoms with Gasteiger partial charge in [0.25, 0.3) is 12.0 Å². The molecule has 1 rings (SSSR count). The molecule has 1 aromatic rings. The summed E-state index contributed by atoms with van der Waals surface area (Å²) in [4.78, 5) is 33.9. The number of nitrogens with zero attached hydrogens (tertiary/aromatic N) is 1. The maximum atomic E-state index is 11.9. The summed E-state index contributed by atoms with van der Waals surface area (Å²) < 4.78 is 24.3. The van der Waals surface area contributed by atoms with Crippen molar-refractivity contribution in [2.45, 2.75) is 13.0 Å². The number of hydrogen-bond acceptors (Lipinski definition) is 3. The molecule has 0 aromatic carbocycles. The first-order chi connectivity index (χ1) is 6.91. The Kier molecular flexibility index (Phi) is 2.98. The van der Waals surface area contributed by atoms with Crippen molar-refractivity contribution in [3.63, 3.8) is 0 Å². The highest BCUT2D eigenvalue weighted by molar-refractivity contribution is 5.86. The van der Waals surface area contributed by atoms with Gasteiger partial charge in [0.05, 0.1) is 6.54 Å². The highest BCUT2D eigenvalue weighted by Gasteiger charge is 2.13. The van der Waals surface area contributed by atoms with Gasteiger partial charge >= 0.3 is 11.7 Å².